The maximum atomic E-state index is 14.0. The molecule has 1 aliphatic rings. The maximum Gasteiger partial charge on any atom is 0.416 e. The average molecular weight is 431 g/mol. The molecule has 0 aromatic heterocycles. The standard InChI is InChI=1S/C19H15ClF4N2O3/c20-12-9-10(19(22,23)24)6-7-15(12)26-18(28)17(27)25-14-5-2-8-29-16-11(14)3-1-4-13(16)21/h1,3-4,6-7,9,14H,2,5,8H2,(H,25,27)(H,26,28). The lowest BCUT2D eigenvalue weighted by Gasteiger charge is -2.18. The van der Waals surface area contributed by atoms with Crippen molar-refractivity contribution in [1.29, 1.82) is 0 Å². The third kappa shape index (κ3) is 4.79. The number of anilines is 1. The summed E-state index contributed by atoms with van der Waals surface area (Å²) in [5.41, 5.74) is -0.728. The number of nitrogens with one attached hydrogen (secondary N) is 2. The summed E-state index contributed by atoms with van der Waals surface area (Å²) in [6.45, 7) is 0.258. The van der Waals surface area contributed by atoms with E-state index in [1.807, 2.05) is 0 Å². The third-order valence-corrected chi connectivity index (χ3v) is 4.63. The second kappa shape index (κ2) is 8.28. The van der Waals surface area contributed by atoms with Gasteiger partial charge in [0.15, 0.2) is 11.6 Å². The molecule has 2 amide bonds. The van der Waals surface area contributed by atoms with Gasteiger partial charge in [0.1, 0.15) is 0 Å². The summed E-state index contributed by atoms with van der Waals surface area (Å²) in [5.74, 6) is -2.72. The Hall–Kier alpha value is -2.81. The van der Waals surface area contributed by atoms with Gasteiger partial charge in [-0.05, 0) is 37.1 Å². The van der Waals surface area contributed by atoms with Crippen molar-refractivity contribution in [3.05, 3.63) is 58.4 Å². The average Bonchev–Trinajstić information content (AvgIpc) is 2.86. The molecule has 0 radical (unpaired) electrons. The molecule has 0 aliphatic carbocycles. The monoisotopic (exact) mass is 430 g/mol. The second-order valence-corrected chi connectivity index (χ2v) is 6.73. The molecule has 1 aliphatic heterocycles. The van der Waals surface area contributed by atoms with Gasteiger partial charge in [-0.2, -0.15) is 13.2 Å². The number of halogens is 5. The van der Waals surface area contributed by atoms with Crippen LogP contribution in [0.3, 0.4) is 0 Å². The Balaban J connectivity index is 1.72. The Morgan fingerprint density at radius 3 is 2.59 bits per heavy atom. The minimum atomic E-state index is -4.59. The third-order valence-electron chi connectivity index (χ3n) is 4.31. The Morgan fingerprint density at radius 2 is 1.90 bits per heavy atom. The van der Waals surface area contributed by atoms with Crippen molar-refractivity contribution in [3.8, 4) is 5.75 Å². The summed E-state index contributed by atoms with van der Waals surface area (Å²) in [4.78, 5) is 24.5. The number of hydrogen-bond acceptors (Lipinski definition) is 3. The molecule has 1 atom stereocenters. The number of amides is 2. The van der Waals surface area contributed by atoms with Crippen LogP contribution in [0.2, 0.25) is 5.02 Å². The topological polar surface area (TPSA) is 67.4 Å². The first-order chi connectivity index (χ1) is 13.7. The van der Waals surface area contributed by atoms with Gasteiger partial charge in [0.25, 0.3) is 0 Å². The first-order valence-electron chi connectivity index (χ1n) is 8.56. The van der Waals surface area contributed by atoms with Crippen LogP contribution in [-0.2, 0) is 15.8 Å². The lowest BCUT2D eigenvalue weighted by atomic mass is 10.0. The molecule has 2 aromatic rings. The summed E-state index contributed by atoms with van der Waals surface area (Å²) in [7, 11) is 0. The van der Waals surface area contributed by atoms with Crippen molar-refractivity contribution in [2.45, 2.75) is 25.1 Å². The molecular formula is C19H15ClF4N2O3. The van der Waals surface area contributed by atoms with Crippen LogP contribution in [0.1, 0.15) is 30.0 Å². The van der Waals surface area contributed by atoms with E-state index in [9.17, 15) is 27.2 Å². The Kier molecular flexibility index (Phi) is 5.97. The van der Waals surface area contributed by atoms with Crippen LogP contribution in [0, 0.1) is 5.82 Å². The van der Waals surface area contributed by atoms with E-state index in [1.165, 1.54) is 12.1 Å². The first-order valence-corrected chi connectivity index (χ1v) is 8.94. The molecule has 5 nitrogen and oxygen atoms in total. The zero-order valence-corrected chi connectivity index (χ0v) is 15.5. The smallest absolute Gasteiger partial charge is 0.416 e. The summed E-state index contributed by atoms with van der Waals surface area (Å²) in [5, 5.41) is 4.31. The van der Waals surface area contributed by atoms with Crippen molar-refractivity contribution in [2.24, 2.45) is 0 Å². The fraction of sp³-hybridized carbons (Fsp3) is 0.263. The van der Waals surface area contributed by atoms with Crippen LogP contribution in [-0.4, -0.2) is 18.4 Å². The lowest BCUT2D eigenvalue weighted by molar-refractivity contribution is -0.137. The normalized spacial score (nSPS) is 16.2. The fourth-order valence-electron chi connectivity index (χ4n) is 2.91. The maximum absolute atomic E-state index is 14.0. The van der Waals surface area contributed by atoms with Gasteiger partial charge in [0, 0.05) is 5.56 Å². The van der Waals surface area contributed by atoms with Crippen LogP contribution in [0.25, 0.3) is 0 Å². The van der Waals surface area contributed by atoms with E-state index in [0.29, 0.717) is 24.5 Å². The predicted octanol–water partition coefficient (Wildman–Crippen LogP) is 4.47. The molecule has 0 fully saturated rings. The van der Waals surface area contributed by atoms with E-state index in [0.717, 1.165) is 12.1 Å². The lowest BCUT2D eigenvalue weighted by Crippen LogP contribution is -2.37. The Bertz CT molecular complexity index is 950. The first kappa shape index (κ1) is 20.9. The van der Waals surface area contributed by atoms with Gasteiger partial charge in [0.2, 0.25) is 0 Å². The van der Waals surface area contributed by atoms with E-state index in [4.69, 9.17) is 16.3 Å². The molecule has 1 heterocycles. The largest absolute Gasteiger partial charge is 0.490 e. The van der Waals surface area contributed by atoms with E-state index >= 15 is 0 Å². The molecule has 2 aromatic carbocycles. The highest BCUT2D eigenvalue weighted by molar-refractivity contribution is 6.41. The van der Waals surface area contributed by atoms with Crippen molar-refractivity contribution < 1.29 is 31.9 Å². The molecule has 10 heteroatoms. The number of hydrogen-bond donors (Lipinski definition) is 2. The second-order valence-electron chi connectivity index (χ2n) is 6.32. The Labute approximate surface area is 168 Å². The molecule has 1 unspecified atom stereocenters. The van der Waals surface area contributed by atoms with Crippen molar-refractivity contribution >= 4 is 29.1 Å². The predicted molar refractivity (Wildman–Crippen MR) is 97.1 cm³/mol. The highest BCUT2D eigenvalue weighted by atomic mass is 35.5. The number of ether oxygens (including phenoxy) is 1. The molecule has 2 N–H and O–H groups in total. The highest BCUT2D eigenvalue weighted by Crippen LogP contribution is 2.35. The minimum absolute atomic E-state index is 0.0153. The van der Waals surface area contributed by atoms with Crippen LogP contribution < -0.4 is 15.4 Å². The number of benzene rings is 2. The van der Waals surface area contributed by atoms with E-state index in [2.05, 4.69) is 10.6 Å². The summed E-state index contributed by atoms with van der Waals surface area (Å²) in [6, 6.07) is 5.95. The molecule has 29 heavy (non-hydrogen) atoms. The molecule has 3 rings (SSSR count). The summed E-state index contributed by atoms with van der Waals surface area (Å²) >= 11 is 5.78. The molecule has 0 bridgehead atoms. The molecule has 0 saturated heterocycles. The quantitative estimate of drug-likeness (QED) is 0.546. The number of carbonyl (C=O) groups excluding carboxylic acids is 2. The molecule has 0 spiro atoms. The van der Waals surface area contributed by atoms with Crippen LogP contribution >= 0.6 is 11.6 Å². The van der Waals surface area contributed by atoms with Gasteiger partial charge in [-0.1, -0.05) is 23.7 Å². The highest BCUT2D eigenvalue weighted by Gasteiger charge is 2.31. The van der Waals surface area contributed by atoms with Gasteiger partial charge in [-0.25, -0.2) is 4.39 Å². The van der Waals surface area contributed by atoms with Gasteiger partial charge < -0.3 is 15.4 Å². The van der Waals surface area contributed by atoms with Crippen LogP contribution in [0.4, 0.5) is 23.2 Å². The van der Waals surface area contributed by atoms with Crippen molar-refractivity contribution in [1.82, 2.24) is 5.32 Å². The van der Waals surface area contributed by atoms with Crippen molar-refractivity contribution in [2.75, 3.05) is 11.9 Å². The summed E-state index contributed by atoms with van der Waals surface area (Å²) in [6.07, 6.45) is -3.66. The fourth-order valence-corrected chi connectivity index (χ4v) is 3.14. The zero-order valence-electron chi connectivity index (χ0n) is 14.8. The van der Waals surface area contributed by atoms with Gasteiger partial charge in [-0.3, -0.25) is 9.59 Å². The van der Waals surface area contributed by atoms with Crippen LogP contribution in [0.5, 0.6) is 5.75 Å². The number of alkyl halides is 3. The summed E-state index contributed by atoms with van der Waals surface area (Å²) < 4.78 is 57.4. The van der Waals surface area contributed by atoms with E-state index < -0.39 is 35.4 Å². The van der Waals surface area contributed by atoms with E-state index in [1.54, 1.807) is 6.07 Å². The number of carbonyl (C=O) groups is 2. The molecular weight excluding hydrogens is 416 g/mol. The van der Waals surface area contributed by atoms with Gasteiger partial charge >= 0.3 is 18.0 Å². The number of fused-ring (bicyclic) bond motifs is 1. The molecule has 0 saturated carbocycles. The number of rotatable bonds is 2. The number of para-hydroxylation sites is 1. The van der Waals surface area contributed by atoms with E-state index in [-0.39, 0.29) is 23.1 Å². The van der Waals surface area contributed by atoms with Gasteiger partial charge in [-0.15, -0.1) is 0 Å². The van der Waals surface area contributed by atoms with Crippen molar-refractivity contribution in [3.63, 3.8) is 0 Å². The van der Waals surface area contributed by atoms with Gasteiger partial charge in [0.05, 0.1) is 28.9 Å². The Morgan fingerprint density at radius 1 is 1.14 bits per heavy atom. The zero-order chi connectivity index (χ0) is 21.2. The molecule has 154 valence electrons. The van der Waals surface area contributed by atoms with Crippen LogP contribution in [0.15, 0.2) is 36.4 Å². The SMILES string of the molecule is O=C(Nc1ccc(C(F)(F)F)cc1Cl)C(=O)NC1CCCOc2c(F)cccc21. The minimum Gasteiger partial charge on any atom is -0.490 e.